The Bertz CT molecular complexity index is 3300. The first-order chi connectivity index (χ1) is 31.0. The van der Waals surface area contributed by atoms with Crippen molar-refractivity contribution >= 4 is 55.2 Å². The summed E-state index contributed by atoms with van der Waals surface area (Å²) in [6, 6.07) is 10.2. The van der Waals surface area contributed by atoms with Crippen molar-refractivity contribution in [2.24, 2.45) is 5.92 Å². The summed E-state index contributed by atoms with van der Waals surface area (Å²) in [5, 5.41) is 17.3. The van der Waals surface area contributed by atoms with Crippen LogP contribution >= 0.6 is 11.6 Å². The Morgan fingerprint density at radius 3 is 2.36 bits per heavy atom. The molecule has 1 fully saturated rings. The lowest BCUT2D eigenvalue weighted by molar-refractivity contribution is -0.141. The van der Waals surface area contributed by atoms with Crippen LogP contribution in [-0.4, -0.2) is 66.1 Å². The number of fused-ring (bicyclic) bond motifs is 5. The third kappa shape index (κ3) is 8.19. The quantitative estimate of drug-likeness (QED) is 0.116. The highest BCUT2D eigenvalue weighted by Gasteiger charge is 2.67. The van der Waals surface area contributed by atoms with Crippen LogP contribution in [0.4, 0.5) is 45.3 Å². The molecule has 7 aromatic rings. The van der Waals surface area contributed by atoms with Gasteiger partial charge in [-0.2, -0.15) is 42.3 Å². The van der Waals surface area contributed by atoms with Crippen LogP contribution in [0.3, 0.4) is 0 Å². The number of amides is 1. The molecule has 1 amide bonds. The van der Waals surface area contributed by atoms with Crippen molar-refractivity contribution in [1.82, 2.24) is 44.6 Å². The van der Waals surface area contributed by atoms with E-state index >= 15 is 13.6 Å². The zero-order chi connectivity index (χ0) is 47.4. The van der Waals surface area contributed by atoms with Crippen LogP contribution in [0.25, 0.3) is 38.8 Å². The van der Waals surface area contributed by atoms with E-state index in [0.29, 0.717) is 38.6 Å². The Kier molecular flexibility index (Phi) is 10.7. The summed E-state index contributed by atoms with van der Waals surface area (Å²) >= 11 is 6.51. The number of carbonyl (C=O) groups excluding carboxylic acids is 1. The Hall–Kier alpha value is -6.56. The number of benzene rings is 3. The maximum atomic E-state index is 15.6. The topological polar surface area (TPSA) is 172 Å². The molecule has 2 aliphatic carbocycles. The minimum absolute atomic E-state index is 0.0705. The van der Waals surface area contributed by atoms with Crippen LogP contribution in [-0.2, 0) is 40.3 Å². The Balaban J connectivity index is 1.29. The van der Waals surface area contributed by atoms with Crippen LogP contribution in [0.1, 0.15) is 58.8 Å². The number of anilines is 1. The highest BCUT2D eigenvalue weighted by atomic mass is 35.5. The lowest BCUT2D eigenvalue weighted by Crippen LogP contribution is -2.38. The molecular formula is C41H30ClF9N10O4S. The molecule has 9 rings (SSSR count). The summed E-state index contributed by atoms with van der Waals surface area (Å²) in [7, 11) is -4.24. The number of aryl methyl sites for hydroxylation is 1. The van der Waals surface area contributed by atoms with Crippen molar-refractivity contribution in [3.8, 4) is 16.9 Å². The van der Waals surface area contributed by atoms with E-state index in [0.717, 1.165) is 28.8 Å². The molecule has 1 saturated carbocycles. The maximum Gasteiger partial charge on any atom is 0.408 e. The van der Waals surface area contributed by atoms with Gasteiger partial charge >= 0.3 is 6.18 Å². The van der Waals surface area contributed by atoms with E-state index in [1.165, 1.54) is 18.2 Å². The molecule has 0 spiro atoms. The molecule has 14 nitrogen and oxygen atoms in total. The number of halogens is 10. The summed E-state index contributed by atoms with van der Waals surface area (Å²) in [6.07, 6.45) is -8.32. The van der Waals surface area contributed by atoms with Gasteiger partial charge in [0.1, 0.15) is 41.9 Å². The van der Waals surface area contributed by atoms with Crippen LogP contribution in [0.5, 0.6) is 0 Å². The van der Waals surface area contributed by atoms with Gasteiger partial charge in [0.05, 0.1) is 56.2 Å². The molecule has 4 aromatic heterocycles. The number of carbonyl (C=O) groups is 1. The summed E-state index contributed by atoms with van der Waals surface area (Å²) < 4.78 is 160. The van der Waals surface area contributed by atoms with Gasteiger partial charge in [0.25, 0.3) is 17.9 Å². The van der Waals surface area contributed by atoms with Crippen molar-refractivity contribution in [3.63, 3.8) is 0 Å². The summed E-state index contributed by atoms with van der Waals surface area (Å²) in [6.45, 7) is -1.29. The van der Waals surface area contributed by atoms with Gasteiger partial charge in [-0.15, -0.1) is 0 Å². The molecule has 4 heterocycles. The molecule has 0 radical (unpaired) electrons. The third-order valence-corrected chi connectivity index (χ3v) is 12.0. The molecule has 25 heteroatoms. The molecule has 2 aliphatic rings. The molecular weight excluding hydrogens is 935 g/mol. The molecule has 3 atom stereocenters. The molecule has 3 aromatic carbocycles. The van der Waals surface area contributed by atoms with Crippen LogP contribution in [0.2, 0.25) is 5.02 Å². The van der Waals surface area contributed by atoms with Gasteiger partial charge in [0, 0.05) is 29.5 Å². The number of nitrogens with one attached hydrogen (secondary N) is 2. The molecule has 0 unspecified atom stereocenters. The summed E-state index contributed by atoms with van der Waals surface area (Å²) in [5.74, 6) is -10.4. The summed E-state index contributed by atoms with van der Waals surface area (Å²) in [5.41, 5.74) is -3.32. The van der Waals surface area contributed by atoms with Crippen molar-refractivity contribution in [2.45, 2.75) is 63.3 Å². The zero-order valence-corrected chi connectivity index (χ0v) is 35.4. The molecule has 0 bridgehead atoms. The smallest absolute Gasteiger partial charge is 0.344 e. The van der Waals surface area contributed by atoms with E-state index in [1.807, 2.05) is 4.72 Å². The fourth-order valence-electron chi connectivity index (χ4n) is 8.48. The minimum atomic E-state index is -5.02. The largest absolute Gasteiger partial charge is 0.408 e. The van der Waals surface area contributed by atoms with Crippen molar-refractivity contribution < 1.29 is 52.7 Å². The van der Waals surface area contributed by atoms with Crippen molar-refractivity contribution in [2.75, 3.05) is 11.0 Å². The fraction of sp³-hybridized carbons (Fsp3) is 0.293. The van der Waals surface area contributed by atoms with Crippen molar-refractivity contribution in [3.05, 3.63) is 122 Å². The zero-order valence-electron chi connectivity index (χ0n) is 33.8. The summed E-state index contributed by atoms with van der Waals surface area (Å²) in [4.78, 5) is 33.9. The third-order valence-electron chi connectivity index (χ3n) is 11.1. The van der Waals surface area contributed by atoms with E-state index in [4.69, 9.17) is 16.6 Å². The lowest BCUT2D eigenvalue weighted by atomic mass is 10.0. The van der Waals surface area contributed by atoms with Gasteiger partial charge < -0.3 is 5.32 Å². The normalized spacial score (nSPS) is 17.0. The maximum absolute atomic E-state index is 15.6. The van der Waals surface area contributed by atoms with Gasteiger partial charge in [0.2, 0.25) is 15.9 Å². The van der Waals surface area contributed by atoms with Gasteiger partial charge in [-0.3, -0.25) is 28.2 Å². The number of sulfonamides is 1. The van der Waals surface area contributed by atoms with Crippen molar-refractivity contribution in [1.29, 1.82) is 0 Å². The minimum Gasteiger partial charge on any atom is -0.344 e. The van der Waals surface area contributed by atoms with E-state index in [1.54, 1.807) is 19.1 Å². The standard InChI is InChI=1S/C41H30ClF9N10O4S/c1-17-3-7-26(55-54-17)19-4-5-22-27(12-19)53-38(61(39(22)63)29-8-6-25(42)32-34(29)60(16-40(47,48)49)57-37(32)58-66(2,64)65)28(11-18-9-20(43)13-21(44)10-18)52-30(62)15-59-35-31(33(56-59)36(45)46)23-14-24(23)41(35,50)51/h3-10,12-13,23-24,28,36H,11,14-16H2,1-2H3,(H,52,62)(H,57,58)/t23-,24+,28-/m0/s1. The van der Waals surface area contributed by atoms with Crippen LogP contribution in [0.15, 0.2) is 65.5 Å². The van der Waals surface area contributed by atoms with E-state index in [2.05, 4.69) is 25.7 Å². The average molecular weight is 965 g/mol. The predicted octanol–water partition coefficient (Wildman–Crippen LogP) is 7.81. The first-order valence-electron chi connectivity index (χ1n) is 19.6. The Morgan fingerprint density at radius 1 is 0.985 bits per heavy atom. The van der Waals surface area contributed by atoms with Crippen LogP contribution < -0.4 is 15.6 Å². The second kappa shape index (κ2) is 15.8. The first-order valence-corrected chi connectivity index (χ1v) is 21.9. The first kappa shape index (κ1) is 44.6. The average Bonchev–Trinajstić information content (AvgIpc) is 3.74. The SMILES string of the molecule is Cc1ccc(-c2ccc3c(=O)n(-c4ccc(Cl)c5c(NS(C)(=O)=O)nn(CC(F)(F)F)c45)c([C@H](Cc4cc(F)cc(F)c4)NC(=O)Cn4nc(C(F)F)c5c4C(F)(F)[C@@H]4C[C@H]54)nc3c2)nn1. The second-order valence-electron chi connectivity index (χ2n) is 16.0. The van der Waals surface area contributed by atoms with E-state index in [-0.39, 0.29) is 33.5 Å². The van der Waals surface area contributed by atoms with Crippen LogP contribution in [0, 0.1) is 24.5 Å². The number of nitrogens with zero attached hydrogens (tertiary/aromatic N) is 8. The second-order valence-corrected chi connectivity index (χ2v) is 18.1. The monoisotopic (exact) mass is 964 g/mol. The van der Waals surface area contributed by atoms with E-state index < -0.39 is 129 Å². The molecule has 344 valence electrons. The van der Waals surface area contributed by atoms with Gasteiger partial charge in [0.15, 0.2) is 5.82 Å². The Morgan fingerprint density at radius 2 is 1.71 bits per heavy atom. The number of hydrogen-bond acceptors (Lipinski definition) is 9. The molecule has 66 heavy (non-hydrogen) atoms. The number of alkyl halides is 7. The van der Waals surface area contributed by atoms with Gasteiger partial charge in [-0.1, -0.05) is 17.7 Å². The number of aromatic nitrogens is 8. The molecule has 0 saturated heterocycles. The fourth-order valence-corrected chi connectivity index (χ4v) is 9.22. The van der Waals surface area contributed by atoms with E-state index in [9.17, 15) is 43.9 Å². The Labute approximate surface area is 370 Å². The highest BCUT2D eigenvalue weighted by Crippen LogP contribution is 2.68. The van der Waals surface area contributed by atoms with Gasteiger partial charge in [-0.05, 0) is 73.4 Å². The molecule has 2 N–H and O–H groups in total. The number of rotatable bonds is 12. The highest BCUT2D eigenvalue weighted by molar-refractivity contribution is 7.92. The number of hydrogen-bond donors (Lipinski definition) is 2. The lowest BCUT2D eigenvalue weighted by Gasteiger charge is -2.24. The van der Waals surface area contributed by atoms with Gasteiger partial charge in [-0.25, -0.2) is 31.0 Å². The predicted molar refractivity (Wildman–Crippen MR) is 219 cm³/mol. The molecule has 0 aliphatic heterocycles.